The topological polar surface area (TPSA) is 76.0 Å². The Bertz CT molecular complexity index is 1040. The molecule has 0 radical (unpaired) electrons. The van der Waals surface area contributed by atoms with Crippen molar-refractivity contribution in [1.29, 1.82) is 0 Å². The van der Waals surface area contributed by atoms with Crippen molar-refractivity contribution >= 4 is 11.6 Å². The maximum Gasteiger partial charge on any atom is 0.416 e. The SMILES string of the molecule is COCc1ncc(-c2cnn3c2C(=O)N(c2ccc(C(F)(F)F)cc2)C[C@@H]3C)[nH]1. The standard InChI is InChI=1S/C19H18F3N5O2/c1-11-9-26(13-5-3-12(4-6-13)19(20,21)22)18(28)17-14(7-24-27(11)17)15-8-23-16(25-15)10-29-2/h3-8,11H,9-10H2,1-2H3,(H,23,25)/t11-/m0/s1. The summed E-state index contributed by atoms with van der Waals surface area (Å²) in [6, 6.07) is 4.43. The van der Waals surface area contributed by atoms with Gasteiger partial charge in [-0.2, -0.15) is 18.3 Å². The summed E-state index contributed by atoms with van der Waals surface area (Å²) in [5, 5.41) is 4.34. The van der Waals surface area contributed by atoms with Crippen LogP contribution in [-0.4, -0.2) is 39.3 Å². The Hall–Kier alpha value is -3.14. The van der Waals surface area contributed by atoms with Gasteiger partial charge < -0.3 is 14.6 Å². The Balaban J connectivity index is 1.70. The number of methoxy groups -OCH3 is 1. The van der Waals surface area contributed by atoms with Crippen LogP contribution in [0.15, 0.2) is 36.7 Å². The number of anilines is 1. The van der Waals surface area contributed by atoms with Crippen molar-refractivity contribution in [3.8, 4) is 11.3 Å². The number of fused-ring (bicyclic) bond motifs is 1. The van der Waals surface area contributed by atoms with Crippen LogP contribution in [0.25, 0.3) is 11.3 Å². The minimum Gasteiger partial charge on any atom is -0.377 e. The zero-order valence-corrected chi connectivity index (χ0v) is 15.7. The summed E-state index contributed by atoms with van der Waals surface area (Å²) in [6.45, 7) is 2.49. The van der Waals surface area contributed by atoms with Crippen molar-refractivity contribution in [3.05, 3.63) is 53.7 Å². The van der Waals surface area contributed by atoms with Gasteiger partial charge in [-0.1, -0.05) is 0 Å². The predicted molar refractivity (Wildman–Crippen MR) is 98.4 cm³/mol. The molecule has 0 fully saturated rings. The summed E-state index contributed by atoms with van der Waals surface area (Å²) in [4.78, 5) is 22.0. The first-order valence-electron chi connectivity index (χ1n) is 8.89. The van der Waals surface area contributed by atoms with Gasteiger partial charge in [0.25, 0.3) is 5.91 Å². The highest BCUT2D eigenvalue weighted by Crippen LogP contribution is 2.34. The Kier molecular flexibility index (Phi) is 4.65. The monoisotopic (exact) mass is 405 g/mol. The second-order valence-corrected chi connectivity index (χ2v) is 6.84. The fraction of sp³-hybridized carbons (Fsp3) is 0.316. The van der Waals surface area contributed by atoms with Crippen LogP contribution < -0.4 is 4.90 Å². The van der Waals surface area contributed by atoms with Crippen LogP contribution in [0.5, 0.6) is 0 Å². The first-order chi connectivity index (χ1) is 13.8. The van der Waals surface area contributed by atoms with Crippen LogP contribution in [0.2, 0.25) is 0 Å². The molecule has 2 aromatic heterocycles. The summed E-state index contributed by atoms with van der Waals surface area (Å²) in [5.74, 6) is 0.275. The Morgan fingerprint density at radius 2 is 1.97 bits per heavy atom. The van der Waals surface area contributed by atoms with Gasteiger partial charge in [0.1, 0.15) is 18.1 Å². The number of nitrogens with one attached hydrogen (secondary N) is 1. The highest BCUT2D eigenvalue weighted by molar-refractivity contribution is 6.09. The molecule has 1 aliphatic rings. The molecule has 4 rings (SSSR count). The number of carbonyl (C=O) groups is 1. The number of halogens is 3. The first-order valence-corrected chi connectivity index (χ1v) is 8.89. The van der Waals surface area contributed by atoms with E-state index in [1.807, 2.05) is 6.92 Å². The van der Waals surface area contributed by atoms with E-state index in [1.165, 1.54) is 17.0 Å². The van der Waals surface area contributed by atoms with Crippen molar-refractivity contribution < 1.29 is 22.7 Å². The molecule has 29 heavy (non-hydrogen) atoms. The third-order valence-electron chi connectivity index (χ3n) is 4.81. The molecule has 0 aliphatic carbocycles. The molecule has 0 bridgehead atoms. The number of rotatable bonds is 4. The zero-order chi connectivity index (χ0) is 20.8. The molecule has 7 nitrogen and oxygen atoms in total. The number of aromatic amines is 1. The van der Waals surface area contributed by atoms with Crippen LogP contribution in [0.3, 0.4) is 0 Å². The fourth-order valence-electron chi connectivity index (χ4n) is 3.42. The highest BCUT2D eigenvalue weighted by atomic mass is 19.4. The summed E-state index contributed by atoms with van der Waals surface area (Å²) in [6.07, 6.45) is -1.24. The molecule has 1 aliphatic heterocycles. The van der Waals surface area contributed by atoms with Gasteiger partial charge >= 0.3 is 6.18 Å². The number of hydrogen-bond donors (Lipinski definition) is 1. The van der Waals surface area contributed by atoms with Crippen molar-refractivity contribution in [1.82, 2.24) is 19.7 Å². The van der Waals surface area contributed by atoms with Crippen LogP contribution in [0.4, 0.5) is 18.9 Å². The van der Waals surface area contributed by atoms with Gasteiger partial charge in [0.15, 0.2) is 0 Å². The Morgan fingerprint density at radius 1 is 1.24 bits per heavy atom. The molecule has 3 aromatic rings. The summed E-state index contributed by atoms with van der Waals surface area (Å²) < 4.78 is 45.2. The smallest absolute Gasteiger partial charge is 0.377 e. The van der Waals surface area contributed by atoms with E-state index in [0.717, 1.165) is 12.1 Å². The van der Waals surface area contributed by atoms with Gasteiger partial charge in [0, 0.05) is 19.3 Å². The van der Waals surface area contributed by atoms with Crippen LogP contribution in [-0.2, 0) is 17.5 Å². The fourth-order valence-corrected chi connectivity index (χ4v) is 3.42. The lowest BCUT2D eigenvalue weighted by atomic mass is 10.1. The molecule has 1 N–H and O–H groups in total. The van der Waals surface area contributed by atoms with Gasteiger partial charge in [-0.05, 0) is 31.2 Å². The number of carbonyl (C=O) groups excluding carboxylic acids is 1. The number of nitrogens with zero attached hydrogens (tertiary/aromatic N) is 4. The minimum absolute atomic E-state index is 0.153. The Morgan fingerprint density at radius 3 is 2.62 bits per heavy atom. The molecular weight excluding hydrogens is 387 g/mol. The van der Waals surface area contributed by atoms with Crippen LogP contribution in [0, 0.1) is 0 Å². The summed E-state index contributed by atoms with van der Waals surface area (Å²) in [5.41, 5.74) is 1.20. The lowest BCUT2D eigenvalue weighted by Gasteiger charge is -2.32. The number of aromatic nitrogens is 4. The molecule has 1 atom stereocenters. The van der Waals surface area contributed by atoms with E-state index in [2.05, 4.69) is 15.1 Å². The molecule has 0 saturated heterocycles. The predicted octanol–water partition coefficient (Wildman–Crippen LogP) is 3.66. The normalized spacial score (nSPS) is 16.9. The lowest BCUT2D eigenvalue weighted by molar-refractivity contribution is -0.137. The van der Waals surface area contributed by atoms with Crippen molar-refractivity contribution in [3.63, 3.8) is 0 Å². The van der Waals surface area contributed by atoms with Crippen LogP contribution >= 0.6 is 0 Å². The van der Waals surface area contributed by atoms with Gasteiger partial charge in [0.2, 0.25) is 0 Å². The van der Waals surface area contributed by atoms with Crippen molar-refractivity contribution in [2.24, 2.45) is 0 Å². The largest absolute Gasteiger partial charge is 0.416 e. The summed E-state index contributed by atoms with van der Waals surface area (Å²) >= 11 is 0. The number of amides is 1. The minimum atomic E-state index is -4.43. The molecule has 0 spiro atoms. The van der Waals surface area contributed by atoms with Crippen LogP contribution in [0.1, 0.15) is 34.8 Å². The Labute approximate surface area is 164 Å². The van der Waals surface area contributed by atoms with E-state index < -0.39 is 11.7 Å². The van der Waals surface area contributed by atoms with E-state index in [1.54, 1.807) is 24.2 Å². The molecule has 152 valence electrons. The number of imidazole rings is 1. The van der Waals surface area contributed by atoms with E-state index in [4.69, 9.17) is 4.74 Å². The van der Waals surface area contributed by atoms with Crippen molar-refractivity contribution in [2.75, 3.05) is 18.6 Å². The van der Waals surface area contributed by atoms with E-state index in [-0.39, 0.29) is 11.9 Å². The van der Waals surface area contributed by atoms with Gasteiger partial charge in [0.05, 0.1) is 35.3 Å². The first kappa shape index (κ1) is 19.2. The quantitative estimate of drug-likeness (QED) is 0.719. The second-order valence-electron chi connectivity index (χ2n) is 6.84. The maximum absolute atomic E-state index is 13.2. The zero-order valence-electron chi connectivity index (χ0n) is 15.7. The lowest BCUT2D eigenvalue weighted by Crippen LogP contribution is -2.42. The molecular formula is C19H18F3N5O2. The number of hydrogen-bond acceptors (Lipinski definition) is 4. The molecule has 1 aromatic carbocycles. The molecule has 0 unspecified atom stereocenters. The van der Waals surface area contributed by atoms with Gasteiger partial charge in [-0.15, -0.1) is 0 Å². The number of ether oxygens (including phenoxy) is 1. The second kappa shape index (κ2) is 7.03. The summed E-state index contributed by atoms with van der Waals surface area (Å²) in [7, 11) is 1.55. The number of benzene rings is 1. The average molecular weight is 405 g/mol. The molecule has 0 saturated carbocycles. The molecule has 10 heteroatoms. The van der Waals surface area contributed by atoms with E-state index in [9.17, 15) is 18.0 Å². The third-order valence-corrected chi connectivity index (χ3v) is 4.81. The number of alkyl halides is 3. The van der Waals surface area contributed by atoms with Gasteiger partial charge in [-0.3, -0.25) is 9.48 Å². The average Bonchev–Trinajstić information content (AvgIpc) is 3.31. The molecule has 3 heterocycles. The third kappa shape index (κ3) is 3.39. The molecule has 1 amide bonds. The maximum atomic E-state index is 13.2. The van der Waals surface area contributed by atoms with E-state index in [0.29, 0.717) is 41.6 Å². The van der Waals surface area contributed by atoms with Gasteiger partial charge in [-0.25, -0.2) is 4.98 Å². The highest BCUT2D eigenvalue weighted by Gasteiger charge is 2.35. The number of H-pyrrole nitrogens is 1. The van der Waals surface area contributed by atoms with Crippen molar-refractivity contribution in [2.45, 2.75) is 25.7 Å². The van der Waals surface area contributed by atoms with E-state index >= 15 is 0 Å².